The highest BCUT2D eigenvalue weighted by molar-refractivity contribution is 6.30. The molecular formula is C17H19ClN2. The summed E-state index contributed by atoms with van der Waals surface area (Å²) in [7, 11) is 0. The zero-order valence-corrected chi connectivity index (χ0v) is 12.6. The molecule has 1 N–H and O–H groups in total. The van der Waals surface area contributed by atoms with Crippen LogP contribution in [-0.4, -0.2) is 5.71 Å². The summed E-state index contributed by atoms with van der Waals surface area (Å²) in [5.74, 6) is 0. The summed E-state index contributed by atoms with van der Waals surface area (Å²) < 4.78 is 0. The summed E-state index contributed by atoms with van der Waals surface area (Å²) in [6.45, 7) is 4.86. The standard InChI is InChI=1S/C17H19ClN2/c1-3-14-4-8-16(9-5-14)13(2)20-19-12-15-6-10-17(18)11-7-15/h4-11,19H,3,12H2,1-2H3/b20-13-. The molecule has 0 atom stereocenters. The van der Waals surface area contributed by atoms with E-state index in [1.807, 2.05) is 31.2 Å². The third-order valence-electron chi connectivity index (χ3n) is 3.22. The smallest absolute Gasteiger partial charge is 0.0644 e. The lowest BCUT2D eigenvalue weighted by molar-refractivity contribution is 0.744. The number of benzene rings is 2. The molecule has 3 heteroatoms. The van der Waals surface area contributed by atoms with Crippen molar-refractivity contribution in [1.82, 2.24) is 5.43 Å². The van der Waals surface area contributed by atoms with E-state index in [9.17, 15) is 0 Å². The third kappa shape index (κ3) is 4.10. The molecule has 0 spiro atoms. The first-order chi connectivity index (χ1) is 9.69. The summed E-state index contributed by atoms with van der Waals surface area (Å²) in [5, 5.41) is 5.16. The Labute approximate surface area is 125 Å². The molecule has 0 aromatic heterocycles. The molecule has 2 nitrogen and oxygen atoms in total. The molecule has 0 aliphatic carbocycles. The second-order valence-electron chi connectivity index (χ2n) is 4.71. The maximum atomic E-state index is 5.85. The number of hydrogen-bond acceptors (Lipinski definition) is 2. The van der Waals surface area contributed by atoms with E-state index in [2.05, 4.69) is 41.7 Å². The van der Waals surface area contributed by atoms with Crippen molar-refractivity contribution in [3.8, 4) is 0 Å². The lowest BCUT2D eigenvalue weighted by Crippen LogP contribution is -2.09. The number of nitrogens with one attached hydrogen (secondary N) is 1. The van der Waals surface area contributed by atoms with E-state index >= 15 is 0 Å². The predicted molar refractivity (Wildman–Crippen MR) is 86.3 cm³/mol. The van der Waals surface area contributed by atoms with Crippen LogP contribution in [0.2, 0.25) is 5.02 Å². The van der Waals surface area contributed by atoms with Crippen LogP contribution in [0.1, 0.15) is 30.5 Å². The molecule has 0 amide bonds. The summed E-state index contributed by atoms with van der Waals surface area (Å²) in [6, 6.07) is 16.3. The van der Waals surface area contributed by atoms with Crippen molar-refractivity contribution in [3.63, 3.8) is 0 Å². The summed E-state index contributed by atoms with van der Waals surface area (Å²) in [5.41, 5.74) is 7.73. The number of aryl methyl sites for hydroxylation is 1. The van der Waals surface area contributed by atoms with Gasteiger partial charge in [-0.25, -0.2) is 0 Å². The quantitative estimate of drug-likeness (QED) is 0.639. The van der Waals surface area contributed by atoms with Gasteiger partial charge in [0.2, 0.25) is 0 Å². The second kappa shape index (κ2) is 7.11. The fourth-order valence-electron chi connectivity index (χ4n) is 1.90. The zero-order valence-electron chi connectivity index (χ0n) is 11.9. The highest BCUT2D eigenvalue weighted by atomic mass is 35.5. The first-order valence-corrected chi connectivity index (χ1v) is 7.17. The highest BCUT2D eigenvalue weighted by Crippen LogP contribution is 2.09. The van der Waals surface area contributed by atoms with Gasteiger partial charge in [-0.15, -0.1) is 0 Å². The normalized spacial score (nSPS) is 11.4. The van der Waals surface area contributed by atoms with Gasteiger partial charge in [0.05, 0.1) is 12.3 Å². The van der Waals surface area contributed by atoms with Gasteiger partial charge in [-0.1, -0.05) is 54.9 Å². The van der Waals surface area contributed by atoms with E-state index < -0.39 is 0 Å². The van der Waals surface area contributed by atoms with Gasteiger partial charge in [-0.3, -0.25) is 0 Å². The van der Waals surface area contributed by atoms with Crippen LogP contribution in [0, 0.1) is 0 Å². The van der Waals surface area contributed by atoms with Crippen LogP contribution in [0.15, 0.2) is 53.6 Å². The topological polar surface area (TPSA) is 24.4 Å². The first kappa shape index (κ1) is 14.6. The van der Waals surface area contributed by atoms with Gasteiger partial charge in [0, 0.05) is 5.02 Å². The van der Waals surface area contributed by atoms with Gasteiger partial charge in [0.15, 0.2) is 0 Å². The van der Waals surface area contributed by atoms with Gasteiger partial charge >= 0.3 is 0 Å². The third-order valence-corrected chi connectivity index (χ3v) is 3.48. The van der Waals surface area contributed by atoms with Crippen molar-refractivity contribution in [1.29, 1.82) is 0 Å². The van der Waals surface area contributed by atoms with Crippen molar-refractivity contribution >= 4 is 17.3 Å². The fraction of sp³-hybridized carbons (Fsp3) is 0.235. The van der Waals surface area contributed by atoms with E-state index in [0.717, 1.165) is 28.3 Å². The molecule has 0 aliphatic rings. The van der Waals surface area contributed by atoms with Crippen LogP contribution < -0.4 is 5.43 Å². The van der Waals surface area contributed by atoms with Crippen molar-refractivity contribution < 1.29 is 0 Å². The molecule has 0 unspecified atom stereocenters. The summed E-state index contributed by atoms with van der Waals surface area (Å²) >= 11 is 5.85. The summed E-state index contributed by atoms with van der Waals surface area (Å²) in [6.07, 6.45) is 1.06. The molecular weight excluding hydrogens is 268 g/mol. The van der Waals surface area contributed by atoms with E-state index in [-0.39, 0.29) is 0 Å². The number of hydrazone groups is 1. The number of rotatable bonds is 5. The Morgan fingerprint density at radius 3 is 2.20 bits per heavy atom. The Morgan fingerprint density at radius 2 is 1.60 bits per heavy atom. The molecule has 2 aromatic carbocycles. The maximum Gasteiger partial charge on any atom is 0.0644 e. The van der Waals surface area contributed by atoms with Crippen molar-refractivity contribution in [2.75, 3.05) is 0 Å². The number of hydrogen-bond donors (Lipinski definition) is 1. The van der Waals surface area contributed by atoms with Crippen LogP contribution in [-0.2, 0) is 13.0 Å². The Kier molecular flexibility index (Phi) is 5.19. The molecule has 0 fully saturated rings. The SMILES string of the molecule is CCc1ccc(/C(C)=N\NCc2ccc(Cl)cc2)cc1. The molecule has 0 heterocycles. The molecule has 0 radical (unpaired) electrons. The Hall–Kier alpha value is -1.80. The molecule has 20 heavy (non-hydrogen) atoms. The molecule has 0 saturated heterocycles. The molecule has 2 rings (SSSR count). The van der Waals surface area contributed by atoms with Gasteiger partial charge in [0.25, 0.3) is 0 Å². The van der Waals surface area contributed by atoms with Crippen LogP contribution in [0.25, 0.3) is 0 Å². The largest absolute Gasteiger partial charge is 0.305 e. The fourth-order valence-corrected chi connectivity index (χ4v) is 2.02. The lowest BCUT2D eigenvalue weighted by Gasteiger charge is -2.05. The maximum absolute atomic E-state index is 5.85. The lowest BCUT2D eigenvalue weighted by atomic mass is 10.1. The summed E-state index contributed by atoms with van der Waals surface area (Å²) in [4.78, 5) is 0. The van der Waals surface area contributed by atoms with Crippen molar-refractivity contribution in [2.24, 2.45) is 5.10 Å². The molecule has 104 valence electrons. The minimum atomic E-state index is 0.696. The van der Waals surface area contributed by atoms with E-state index in [0.29, 0.717) is 6.54 Å². The van der Waals surface area contributed by atoms with Crippen molar-refractivity contribution in [3.05, 3.63) is 70.2 Å². The van der Waals surface area contributed by atoms with Gasteiger partial charge in [-0.05, 0) is 42.2 Å². The predicted octanol–water partition coefficient (Wildman–Crippen LogP) is 4.42. The average Bonchev–Trinajstić information content (AvgIpc) is 2.49. The van der Waals surface area contributed by atoms with E-state index in [1.165, 1.54) is 5.56 Å². The van der Waals surface area contributed by atoms with Crippen molar-refractivity contribution in [2.45, 2.75) is 26.8 Å². The highest BCUT2D eigenvalue weighted by Gasteiger charge is 1.97. The zero-order chi connectivity index (χ0) is 14.4. The van der Waals surface area contributed by atoms with Gasteiger partial charge < -0.3 is 5.43 Å². The van der Waals surface area contributed by atoms with E-state index in [4.69, 9.17) is 11.6 Å². The minimum absolute atomic E-state index is 0.696. The minimum Gasteiger partial charge on any atom is -0.305 e. The Bertz CT molecular complexity index is 571. The number of halogens is 1. The first-order valence-electron chi connectivity index (χ1n) is 6.80. The average molecular weight is 287 g/mol. The van der Waals surface area contributed by atoms with Gasteiger partial charge in [-0.2, -0.15) is 5.10 Å². The second-order valence-corrected chi connectivity index (χ2v) is 5.15. The molecule has 2 aromatic rings. The Morgan fingerprint density at radius 1 is 1.00 bits per heavy atom. The van der Waals surface area contributed by atoms with Crippen LogP contribution in [0.4, 0.5) is 0 Å². The monoisotopic (exact) mass is 286 g/mol. The van der Waals surface area contributed by atoms with Crippen LogP contribution >= 0.6 is 11.6 Å². The molecule has 0 bridgehead atoms. The van der Waals surface area contributed by atoms with Gasteiger partial charge in [0.1, 0.15) is 0 Å². The van der Waals surface area contributed by atoms with E-state index in [1.54, 1.807) is 0 Å². The van der Waals surface area contributed by atoms with Crippen LogP contribution in [0.5, 0.6) is 0 Å². The molecule has 0 aliphatic heterocycles. The molecule has 0 saturated carbocycles. The Balaban J connectivity index is 1.94. The number of nitrogens with zero attached hydrogens (tertiary/aromatic N) is 1. The van der Waals surface area contributed by atoms with Crippen LogP contribution in [0.3, 0.4) is 0 Å².